The Morgan fingerprint density at radius 2 is 1.94 bits per heavy atom. The van der Waals surface area contributed by atoms with E-state index in [4.69, 9.17) is 4.74 Å². The molecule has 2 fully saturated rings. The molecule has 5 nitrogen and oxygen atoms in total. The van der Waals surface area contributed by atoms with Gasteiger partial charge in [-0.05, 0) is 31.6 Å². The Hall–Kier alpha value is -0.170. The van der Waals surface area contributed by atoms with Crippen LogP contribution in [0.25, 0.3) is 0 Å². The van der Waals surface area contributed by atoms with Crippen molar-refractivity contribution in [3.8, 4) is 0 Å². The molecule has 0 radical (unpaired) electrons. The number of rotatable bonds is 3. The van der Waals surface area contributed by atoms with Gasteiger partial charge >= 0.3 is 0 Å². The van der Waals surface area contributed by atoms with Crippen molar-refractivity contribution in [3.05, 3.63) is 0 Å². The summed E-state index contributed by atoms with van der Waals surface area (Å²) in [6.45, 7) is 4.00. The van der Waals surface area contributed by atoms with Gasteiger partial charge in [0.25, 0.3) is 0 Å². The molecular weight excluding hydrogens is 254 g/mol. The first-order chi connectivity index (χ1) is 8.55. The molecular formula is C12H23NO4S. The molecule has 0 saturated carbocycles. The van der Waals surface area contributed by atoms with Crippen LogP contribution in [0.1, 0.15) is 32.6 Å². The quantitative estimate of drug-likeness (QED) is 0.820. The van der Waals surface area contributed by atoms with E-state index >= 15 is 0 Å². The molecule has 0 aromatic heterocycles. The predicted octanol–water partition coefficient (Wildman–Crippen LogP) is 0.588. The van der Waals surface area contributed by atoms with Crippen LogP contribution in [-0.4, -0.2) is 55.5 Å². The molecule has 18 heavy (non-hydrogen) atoms. The van der Waals surface area contributed by atoms with Gasteiger partial charge in [-0.15, -0.1) is 0 Å². The van der Waals surface area contributed by atoms with Crippen molar-refractivity contribution in [2.45, 2.75) is 44.0 Å². The van der Waals surface area contributed by atoms with Gasteiger partial charge in [0.1, 0.15) is 0 Å². The van der Waals surface area contributed by atoms with Crippen LogP contribution in [0.4, 0.5) is 0 Å². The van der Waals surface area contributed by atoms with Crippen molar-refractivity contribution >= 4 is 10.0 Å². The SMILES string of the molecule is CCC1CN(S(=O)(=O)C2CCOCC2)CCC1O. The molecule has 0 aliphatic carbocycles. The maximum atomic E-state index is 12.5. The molecule has 0 bridgehead atoms. The lowest BCUT2D eigenvalue weighted by atomic mass is 9.94. The summed E-state index contributed by atoms with van der Waals surface area (Å²) in [6.07, 6.45) is 2.22. The van der Waals surface area contributed by atoms with Gasteiger partial charge in [-0.2, -0.15) is 0 Å². The van der Waals surface area contributed by atoms with E-state index in [1.165, 1.54) is 0 Å². The van der Waals surface area contributed by atoms with E-state index in [0.29, 0.717) is 45.6 Å². The van der Waals surface area contributed by atoms with Crippen LogP contribution in [0.3, 0.4) is 0 Å². The Labute approximate surface area is 109 Å². The van der Waals surface area contributed by atoms with Crippen molar-refractivity contribution < 1.29 is 18.3 Å². The molecule has 6 heteroatoms. The molecule has 2 aliphatic heterocycles. The van der Waals surface area contributed by atoms with Crippen molar-refractivity contribution in [2.75, 3.05) is 26.3 Å². The Kier molecular flexibility index (Phi) is 4.64. The predicted molar refractivity (Wildman–Crippen MR) is 68.7 cm³/mol. The van der Waals surface area contributed by atoms with Crippen LogP contribution < -0.4 is 0 Å². The third-order valence-corrected chi connectivity index (χ3v) is 6.50. The molecule has 2 saturated heterocycles. The fraction of sp³-hybridized carbons (Fsp3) is 1.00. The van der Waals surface area contributed by atoms with Crippen LogP contribution in [0.15, 0.2) is 0 Å². The van der Waals surface area contributed by atoms with Gasteiger partial charge in [-0.3, -0.25) is 0 Å². The van der Waals surface area contributed by atoms with Crippen LogP contribution >= 0.6 is 0 Å². The molecule has 2 unspecified atom stereocenters. The second-order valence-corrected chi connectivity index (χ2v) is 7.45. The van der Waals surface area contributed by atoms with E-state index in [0.717, 1.165) is 6.42 Å². The number of aliphatic hydroxyl groups is 1. The number of hydrogen-bond acceptors (Lipinski definition) is 4. The van der Waals surface area contributed by atoms with E-state index in [-0.39, 0.29) is 17.3 Å². The minimum atomic E-state index is -3.21. The Morgan fingerprint density at radius 1 is 1.28 bits per heavy atom. The lowest BCUT2D eigenvalue weighted by Gasteiger charge is -2.37. The van der Waals surface area contributed by atoms with E-state index in [2.05, 4.69) is 0 Å². The maximum absolute atomic E-state index is 12.5. The fourth-order valence-electron chi connectivity index (χ4n) is 2.80. The van der Waals surface area contributed by atoms with Crippen molar-refractivity contribution in [3.63, 3.8) is 0 Å². The maximum Gasteiger partial charge on any atom is 0.217 e. The van der Waals surface area contributed by atoms with Gasteiger partial charge in [0.2, 0.25) is 10.0 Å². The minimum absolute atomic E-state index is 0.0772. The van der Waals surface area contributed by atoms with Crippen molar-refractivity contribution in [2.24, 2.45) is 5.92 Å². The second-order valence-electron chi connectivity index (χ2n) is 5.24. The first-order valence-electron chi connectivity index (χ1n) is 6.80. The summed E-state index contributed by atoms with van der Waals surface area (Å²) in [5.74, 6) is 0.0772. The standard InChI is InChI=1S/C12H23NO4S/c1-2-10-9-13(6-3-12(10)14)18(15,16)11-4-7-17-8-5-11/h10-12,14H,2-9H2,1H3. The number of nitrogens with zero attached hydrogens (tertiary/aromatic N) is 1. The van der Waals surface area contributed by atoms with E-state index in [1.807, 2.05) is 6.92 Å². The zero-order valence-corrected chi connectivity index (χ0v) is 11.7. The average Bonchev–Trinajstić information content (AvgIpc) is 2.40. The minimum Gasteiger partial charge on any atom is -0.393 e. The zero-order chi connectivity index (χ0) is 13.2. The second kappa shape index (κ2) is 5.86. The third kappa shape index (κ3) is 2.87. The van der Waals surface area contributed by atoms with Crippen molar-refractivity contribution in [1.82, 2.24) is 4.31 Å². The summed E-state index contributed by atoms with van der Waals surface area (Å²) in [5.41, 5.74) is 0. The van der Waals surface area contributed by atoms with Gasteiger partial charge in [0, 0.05) is 26.3 Å². The number of sulfonamides is 1. The van der Waals surface area contributed by atoms with E-state index in [1.54, 1.807) is 4.31 Å². The molecule has 2 aliphatic rings. The largest absolute Gasteiger partial charge is 0.393 e. The lowest BCUT2D eigenvalue weighted by Crippen LogP contribution is -2.49. The van der Waals surface area contributed by atoms with Gasteiger partial charge < -0.3 is 9.84 Å². The number of ether oxygens (including phenoxy) is 1. The summed E-state index contributed by atoms with van der Waals surface area (Å²) >= 11 is 0. The summed E-state index contributed by atoms with van der Waals surface area (Å²) in [5, 5.41) is 9.53. The monoisotopic (exact) mass is 277 g/mol. The van der Waals surface area contributed by atoms with Crippen LogP contribution in [0.5, 0.6) is 0 Å². The average molecular weight is 277 g/mol. The summed E-state index contributed by atoms with van der Waals surface area (Å²) in [4.78, 5) is 0. The number of piperidine rings is 1. The molecule has 0 aromatic rings. The highest BCUT2D eigenvalue weighted by Crippen LogP contribution is 2.26. The van der Waals surface area contributed by atoms with Crippen LogP contribution in [-0.2, 0) is 14.8 Å². The molecule has 0 amide bonds. The fourth-order valence-corrected chi connectivity index (χ4v) is 4.77. The highest BCUT2D eigenvalue weighted by molar-refractivity contribution is 7.89. The third-order valence-electron chi connectivity index (χ3n) is 4.13. The van der Waals surface area contributed by atoms with Gasteiger partial charge in [-0.25, -0.2) is 12.7 Å². The topological polar surface area (TPSA) is 66.8 Å². The normalized spacial score (nSPS) is 32.6. The molecule has 2 atom stereocenters. The van der Waals surface area contributed by atoms with Gasteiger partial charge in [-0.1, -0.05) is 6.92 Å². The molecule has 0 spiro atoms. The molecule has 106 valence electrons. The molecule has 0 aromatic carbocycles. The number of aliphatic hydroxyl groups excluding tert-OH is 1. The van der Waals surface area contributed by atoms with Gasteiger partial charge in [0.05, 0.1) is 11.4 Å². The lowest BCUT2D eigenvalue weighted by molar-refractivity contribution is 0.0503. The van der Waals surface area contributed by atoms with Crippen molar-refractivity contribution in [1.29, 1.82) is 0 Å². The van der Waals surface area contributed by atoms with E-state index < -0.39 is 10.0 Å². The zero-order valence-electron chi connectivity index (χ0n) is 10.9. The summed E-state index contributed by atoms with van der Waals surface area (Å²) in [6, 6.07) is 0. The highest BCUT2D eigenvalue weighted by Gasteiger charge is 2.38. The Balaban J connectivity index is 2.05. The Bertz CT molecular complexity index is 364. The molecule has 2 heterocycles. The first-order valence-corrected chi connectivity index (χ1v) is 8.30. The Morgan fingerprint density at radius 3 is 2.56 bits per heavy atom. The highest BCUT2D eigenvalue weighted by atomic mass is 32.2. The molecule has 2 rings (SSSR count). The summed E-state index contributed by atoms with van der Waals surface area (Å²) < 4.78 is 31.8. The smallest absolute Gasteiger partial charge is 0.217 e. The van der Waals surface area contributed by atoms with Crippen LogP contribution in [0, 0.1) is 5.92 Å². The molecule has 1 N–H and O–H groups in total. The van der Waals surface area contributed by atoms with Crippen LogP contribution in [0.2, 0.25) is 0 Å². The van der Waals surface area contributed by atoms with E-state index in [9.17, 15) is 13.5 Å². The first kappa shape index (κ1) is 14.2. The summed E-state index contributed by atoms with van der Waals surface area (Å²) in [7, 11) is -3.21. The van der Waals surface area contributed by atoms with Gasteiger partial charge in [0.15, 0.2) is 0 Å². The number of hydrogen-bond donors (Lipinski definition) is 1.